The molecule has 0 radical (unpaired) electrons. The predicted molar refractivity (Wildman–Crippen MR) is 50.4 cm³/mol. The maximum absolute atomic E-state index is 10.5. The Bertz CT molecular complexity index is 341. The predicted octanol–water partition coefficient (Wildman–Crippen LogP) is 1.01. The van der Waals surface area contributed by atoms with Crippen LogP contribution in [-0.4, -0.2) is 11.1 Å². The smallest absolute Gasteiger partial charge is 0.325 e. The van der Waals surface area contributed by atoms with Gasteiger partial charge < -0.3 is 16.6 Å². The monoisotopic (exact) mass is 200 g/mol. The number of carboxylic acids is 1. The van der Waals surface area contributed by atoms with Gasteiger partial charge in [0.2, 0.25) is 0 Å². The summed E-state index contributed by atoms with van der Waals surface area (Å²) in [7, 11) is 0. The molecule has 0 heterocycles. The van der Waals surface area contributed by atoms with E-state index in [1.165, 1.54) is 12.1 Å². The average molecular weight is 201 g/mol. The third kappa shape index (κ3) is 2.11. The number of carboxylic acid groups (broad SMARTS) is 1. The Labute approximate surface area is 80.1 Å². The van der Waals surface area contributed by atoms with Crippen LogP contribution in [-0.2, 0) is 4.79 Å². The van der Waals surface area contributed by atoms with Crippen molar-refractivity contribution in [3.8, 4) is 0 Å². The molecule has 0 amide bonds. The van der Waals surface area contributed by atoms with Crippen LogP contribution in [0.1, 0.15) is 11.6 Å². The van der Waals surface area contributed by atoms with Crippen LogP contribution in [0.4, 0.5) is 5.69 Å². The van der Waals surface area contributed by atoms with E-state index in [1.54, 1.807) is 6.07 Å². The zero-order chi connectivity index (χ0) is 10.0. The van der Waals surface area contributed by atoms with Crippen LogP contribution >= 0.6 is 11.6 Å². The molecule has 70 valence electrons. The van der Waals surface area contributed by atoms with Gasteiger partial charge >= 0.3 is 5.97 Å². The fraction of sp³-hybridized carbons (Fsp3) is 0.125. The van der Waals surface area contributed by atoms with Crippen LogP contribution in [0.25, 0.3) is 0 Å². The quantitative estimate of drug-likeness (QED) is 0.622. The van der Waals surface area contributed by atoms with E-state index in [0.717, 1.165) is 0 Å². The van der Waals surface area contributed by atoms with E-state index >= 15 is 0 Å². The lowest BCUT2D eigenvalue weighted by Crippen LogP contribution is -2.20. The molecule has 1 aromatic rings. The van der Waals surface area contributed by atoms with E-state index in [0.29, 0.717) is 11.3 Å². The minimum absolute atomic E-state index is 0.273. The second kappa shape index (κ2) is 3.64. The maximum Gasteiger partial charge on any atom is 0.325 e. The maximum atomic E-state index is 10.5. The third-order valence-electron chi connectivity index (χ3n) is 1.63. The van der Waals surface area contributed by atoms with Crippen LogP contribution < -0.4 is 11.5 Å². The van der Waals surface area contributed by atoms with Crippen LogP contribution in [0.3, 0.4) is 0 Å². The van der Waals surface area contributed by atoms with Crippen molar-refractivity contribution in [1.29, 1.82) is 0 Å². The lowest BCUT2D eigenvalue weighted by molar-refractivity contribution is -0.138. The molecule has 0 saturated carbocycles. The Kier molecular flexibility index (Phi) is 2.75. The Morgan fingerprint density at radius 1 is 1.54 bits per heavy atom. The van der Waals surface area contributed by atoms with E-state index in [4.69, 9.17) is 28.2 Å². The Morgan fingerprint density at radius 3 is 2.62 bits per heavy atom. The van der Waals surface area contributed by atoms with E-state index in [1.807, 2.05) is 0 Å². The summed E-state index contributed by atoms with van der Waals surface area (Å²) in [5.41, 5.74) is 11.6. The van der Waals surface area contributed by atoms with Gasteiger partial charge in [0.05, 0.1) is 0 Å². The molecule has 0 spiro atoms. The summed E-state index contributed by atoms with van der Waals surface area (Å²) in [6.07, 6.45) is 0. The number of nitrogen functional groups attached to an aromatic ring is 1. The molecule has 0 unspecified atom stereocenters. The topological polar surface area (TPSA) is 89.3 Å². The summed E-state index contributed by atoms with van der Waals surface area (Å²) >= 11 is 5.75. The first-order chi connectivity index (χ1) is 6.02. The highest BCUT2D eigenvalue weighted by atomic mass is 35.5. The second-order valence-corrected chi connectivity index (χ2v) is 3.00. The molecule has 0 bridgehead atoms. The molecule has 13 heavy (non-hydrogen) atoms. The number of rotatable bonds is 2. The van der Waals surface area contributed by atoms with Crippen molar-refractivity contribution in [3.63, 3.8) is 0 Å². The van der Waals surface area contributed by atoms with Gasteiger partial charge in [0.15, 0.2) is 0 Å². The van der Waals surface area contributed by atoms with Gasteiger partial charge in [-0.05, 0) is 17.7 Å². The van der Waals surface area contributed by atoms with E-state index in [9.17, 15) is 4.79 Å². The first kappa shape index (κ1) is 9.83. The van der Waals surface area contributed by atoms with Crippen molar-refractivity contribution in [2.45, 2.75) is 6.04 Å². The van der Waals surface area contributed by atoms with Crippen LogP contribution in [0.5, 0.6) is 0 Å². The molecule has 0 aromatic heterocycles. The SMILES string of the molecule is Nc1ccc([C@@H](N)C(=O)O)c(Cl)c1. The van der Waals surface area contributed by atoms with Crippen molar-refractivity contribution in [2.24, 2.45) is 5.73 Å². The number of aliphatic carboxylic acids is 1. The minimum Gasteiger partial charge on any atom is -0.480 e. The Hall–Kier alpha value is -1.26. The summed E-state index contributed by atoms with van der Waals surface area (Å²) in [5, 5.41) is 8.89. The molecule has 5 heteroatoms. The zero-order valence-corrected chi connectivity index (χ0v) is 7.45. The highest BCUT2D eigenvalue weighted by Crippen LogP contribution is 2.23. The molecule has 0 aliphatic rings. The van der Waals surface area contributed by atoms with Crippen molar-refractivity contribution < 1.29 is 9.90 Å². The molecule has 0 aliphatic heterocycles. The van der Waals surface area contributed by atoms with Gasteiger partial charge in [-0.25, -0.2) is 0 Å². The van der Waals surface area contributed by atoms with Gasteiger partial charge in [0.25, 0.3) is 0 Å². The van der Waals surface area contributed by atoms with Crippen LogP contribution in [0.15, 0.2) is 18.2 Å². The number of hydrogen-bond donors (Lipinski definition) is 3. The molecule has 0 saturated heterocycles. The van der Waals surface area contributed by atoms with Gasteiger partial charge in [-0.3, -0.25) is 4.79 Å². The highest BCUT2D eigenvalue weighted by Gasteiger charge is 2.16. The van der Waals surface area contributed by atoms with Gasteiger partial charge in [0.1, 0.15) is 6.04 Å². The molecule has 1 aromatic carbocycles. The molecule has 0 fully saturated rings. The molecule has 4 nitrogen and oxygen atoms in total. The molecular formula is C8H9ClN2O2. The number of carbonyl (C=O) groups is 1. The van der Waals surface area contributed by atoms with Crippen molar-refractivity contribution in [2.75, 3.05) is 5.73 Å². The molecular weight excluding hydrogens is 192 g/mol. The molecule has 0 aliphatic carbocycles. The summed E-state index contributed by atoms with van der Waals surface area (Å²) in [4.78, 5) is 10.5. The summed E-state index contributed by atoms with van der Waals surface area (Å²) in [6.45, 7) is 0. The fourth-order valence-corrected chi connectivity index (χ4v) is 1.24. The minimum atomic E-state index is -1.12. The van der Waals surface area contributed by atoms with Crippen molar-refractivity contribution in [1.82, 2.24) is 0 Å². The number of anilines is 1. The van der Waals surface area contributed by atoms with Gasteiger partial charge in [0, 0.05) is 10.7 Å². The standard InChI is InChI=1S/C8H9ClN2O2/c9-6-3-4(10)1-2-5(6)7(11)8(12)13/h1-3,7H,10-11H2,(H,12,13)/t7-/m1/s1. The van der Waals surface area contributed by atoms with Gasteiger partial charge in [-0.2, -0.15) is 0 Å². The highest BCUT2D eigenvalue weighted by molar-refractivity contribution is 6.31. The van der Waals surface area contributed by atoms with E-state index in [2.05, 4.69) is 0 Å². The number of hydrogen-bond acceptors (Lipinski definition) is 3. The molecule has 1 rings (SSSR count). The average Bonchev–Trinajstić information content (AvgIpc) is 2.03. The lowest BCUT2D eigenvalue weighted by Gasteiger charge is -2.08. The third-order valence-corrected chi connectivity index (χ3v) is 1.95. The van der Waals surface area contributed by atoms with Gasteiger partial charge in [-0.1, -0.05) is 17.7 Å². The fourth-order valence-electron chi connectivity index (χ4n) is 0.929. The largest absolute Gasteiger partial charge is 0.480 e. The first-order valence-corrected chi connectivity index (χ1v) is 3.93. The van der Waals surface area contributed by atoms with E-state index in [-0.39, 0.29) is 5.02 Å². The zero-order valence-electron chi connectivity index (χ0n) is 6.70. The molecule has 5 N–H and O–H groups in total. The molecule has 1 atom stereocenters. The van der Waals surface area contributed by atoms with Crippen molar-refractivity contribution in [3.05, 3.63) is 28.8 Å². The second-order valence-electron chi connectivity index (χ2n) is 2.60. The summed E-state index contributed by atoms with van der Waals surface area (Å²) in [5.74, 6) is -1.12. The Morgan fingerprint density at radius 2 is 2.15 bits per heavy atom. The Balaban J connectivity index is 3.08. The van der Waals surface area contributed by atoms with Crippen molar-refractivity contribution >= 4 is 23.3 Å². The number of nitrogens with two attached hydrogens (primary N) is 2. The van der Waals surface area contributed by atoms with Crippen LogP contribution in [0.2, 0.25) is 5.02 Å². The lowest BCUT2D eigenvalue weighted by atomic mass is 10.1. The van der Waals surface area contributed by atoms with Gasteiger partial charge in [-0.15, -0.1) is 0 Å². The normalized spacial score (nSPS) is 12.5. The van der Waals surface area contributed by atoms with E-state index < -0.39 is 12.0 Å². The summed E-state index contributed by atoms with van der Waals surface area (Å²) < 4.78 is 0. The first-order valence-electron chi connectivity index (χ1n) is 3.55. The number of benzene rings is 1. The summed E-state index contributed by atoms with van der Waals surface area (Å²) in [6, 6.07) is 3.44. The van der Waals surface area contributed by atoms with Crippen LogP contribution in [0, 0.1) is 0 Å². The number of halogens is 1.